The van der Waals surface area contributed by atoms with Gasteiger partial charge in [0.25, 0.3) is 15.9 Å². The zero-order valence-corrected chi connectivity index (χ0v) is 18.8. The smallest absolute Gasteiger partial charge is 0.261 e. The molecule has 9 heteroatoms. The normalized spacial score (nSPS) is 11.2. The molecule has 5 nitrogen and oxygen atoms in total. The van der Waals surface area contributed by atoms with Crippen LogP contribution < -0.4 is 10.0 Å². The summed E-state index contributed by atoms with van der Waals surface area (Å²) in [6, 6.07) is 15.7. The molecule has 0 spiro atoms. The van der Waals surface area contributed by atoms with Crippen LogP contribution in [0.3, 0.4) is 0 Å². The Hall–Kier alpha value is -2.25. The third-order valence-corrected chi connectivity index (χ3v) is 6.54. The van der Waals surface area contributed by atoms with Crippen molar-refractivity contribution in [3.63, 3.8) is 0 Å². The van der Waals surface area contributed by atoms with E-state index in [0.29, 0.717) is 15.6 Å². The van der Waals surface area contributed by atoms with Gasteiger partial charge in [0.05, 0.1) is 15.6 Å². The molecule has 3 aromatic rings. The van der Waals surface area contributed by atoms with E-state index in [2.05, 4.69) is 10.0 Å². The maximum atomic E-state index is 12.5. The molecule has 0 aliphatic carbocycles. The molecule has 30 heavy (non-hydrogen) atoms. The van der Waals surface area contributed by atoms with Gasteiger partial charge >= 0.3 is 0 Å². The zero-order chi connectivity index (χ0) is 21.9. The Kier molecular flexibility index (Phi) is 6.93. The van der Waals surface area contributed by atoms with Gasteiger partial charge in [-0.25, -0.2) is 8.42 Å². The van der Waals surface area contributed by atoms with Gasteiger partial charge in [0, 0.05) is 22.2 Å². The minimum atomic E-state index is -3.80. The minimum Gasteiger partial charge on any atom is -0.348 e. The third kappa shape index (κ3) is 5.46. The minimum absolute atomic E-state index is 0.0999. The van der Waals surface area contributed by atoms with Crippen molar-refractivity contribution in [3.05, 3.63) is 92.4 Å². The van der Waals surface area contributed by atoms with Crippen LogP contribution in [-0.4, -0.2) is 14.3 Å². The van der Waals surface area contributed by atoms with Crippen molar-refractivity contribution in [1.82, 2.24) is 5.32 Å². The molecular formula is C21H17Cl3N2O3S. The first-order valence-corrected chi connectivity index (χ1v) is 11.4. The predicted molar refractivity (Wildman–Crippen MR) is 121 cm³/mol. The number of carbonyl (C=O) groups is 1. The average molecular weight is 484 g/mol. The summed E-state index contributed by atoms with van der Waals surface area (Å²) in [5.74, 6) is -0.379. The van der Waals surface area contributed by atoms with E-state index >= 15 is 0 Å². The lowest BCUT2D eigenvalue weighted by Gasteiger charge is -2.12. The van der Waals surface area contributed by atoms with Crippen LogP contribution in [0.2, 0.25) is 15.1 Å². The Morgan fingerprint density at radius 2 is 1.60 bits per heavy atom. The molecule has 3 rings (SSSR count). The first kappa shape index (κ1) is 22.4. The van der Waals surface area contributed by atoms with E-state index < -0.39 is 10.0 Å². The van der Waals surface area contributed by atoms with Crippen LogP contribution in [0.4, 0.5) is 5.69 Å². The summed E-state index contributed by atoms with van der Waals surface area (Å²) in [7, 11) is -3.80. The van der Waals surface area contributed by atoms with Gasteiger partial charge in [-0.1, -0.05) is 58.6 Å². The number of sulfonamides is 1. The molecule has 0 heterocycles. The van der Waals surface area contributed by atoms with Crippen LogP contribution in [0, 0.1) is 6.92 Å². The maximum Gasteiger partial charge on any atom is 0.261 e. The van der Waals surface area contributed by atoms with Crippen molar-refractivity contribution < 1.29 is 13.2 Å². The highest BCUT2D eigenvalue weighted by Gasteiger charge is 2.17. The fraction of sp³-hybridized carbons (Fsp3) is 0.0952. The van der Waals surface area contributed by atoms with Gasteiger partial charge in [-0.3, -0.25) is 9.52 Å². The number of rotatable bonds is 6. The highest BCUT2D eigenvalue weighted by Crippen LogP contribution is 2.26. The highest BCUT2D eigenvalue weighted by molar-refractivity contribution is 7.92. The molecule has 0 aliphatic rings. The first-order chi connectivity index (χ1) is 14.2. The fourth-order valence-electron chi connectivity index (χ4n) is 2.60. The summed E-state index contributed by atoms with van der Waals surface area (Å²) >= 11 is 18.2. The molecule has 0 saturated heterocycles. The number of hydrogen-bond acceptors (Lipinski definition) is 3. The summed E-state index contributed by atoms with van der Waals surface area (Å²) in [6.45, 7) is 2.07. The highest BCUT2D eigenvalue weighted by atomic mass is 35.5. The molecule has 0 radical (unpaired) electrons. The first-order valence-electron chi connectivity index (χ1n) is 8.77. The third-order valence-electron chi connectivity index (χ3n) is 4.26. The standard InChI is InChI=1S/C21H17Cl3N2O3S/c1-13-2-7-17(8-3-13)30(28,29)26-20-9-5-14(10-19(20)24)21(27)25-12-15-4-6-16(22)11-18(15)23/h2-11,26H,12H2,1H3,(H,25,27). The molecule has 3 aromatic carbocycles. The summed E-state index contributed by atoms with van der Waals surface area (Å²) in [4.78, 5) is 12.5. The van der Waals surface area contributed by atoms with Gasteiger partial charge in [-0.05, 0) is 55.0 Å². The van der Waals surface area contributed by atoms with E-state index in [0.717, 1.165) is 5.56 Å². The molecular weight excluding hydrogens is 467 g/mol. The molecule has 1 amide bonds. The number of aryl methyl sites for hydroxylation is 1. The number of halogens is 3. The summed E-state index contributed by atoms with van der Waals surface area (Å²) in [5.41, 5.74) is 2.11. The molecule has 0 bridgehead atoms. The quantitative estimate of drug-likeness (QED) is 0.473. The Morgan fingerprint density at radius 1 is 0.900 bits per heavy atom. The van der Waals surface area contributed by atoms with Crippen LogP contribution >= 0.6 is 34.8 Å². The van der Waals surface area contributed by atoms with Crippen molar-refractivity contribution in [2.24, 2.45) is 0 Å². The molecule has 0 fully saturated rings. The van der Waals surface area contributed by atoms with Crippen molar-refractivity contribution in [2.45, 2.75) is 18.4 Å². The number of hydrogen-bond donors (Lipinski definition) is 2. The van der Waals surface area contributed by atoms with E-state index in [-0.39, 0.29) is 33.6 Å². The van der Waals surface area contributed by atoms with E-state index in [1.54, 1.807) is 30.3 Å². The fourth-order valence-corrected chi connectivity index (χ4v) is 4.44. The zero-order valence-electron chi connectivity index (χ0n) is 15.7. The van der Waals surface area contributed by atoms with Gasteiger partial charge in [0.2, 0.25) is 0 Å². The van der Waals surface area contributed by atoms with E-state index in [1.165, 1.54) is 30.3 Å². The van der Waals surface area contributed by atoms with Gasteiger partial charge in [0.1, 0.15) is 0 Å². The van der Waals surface area contributed by atoms with Crippen LogP contribution in [-0.2, 0) is 16.6 Å². The van der Waals surface area contributed by atoms with Crippen molar-refractivity contribution in [3.8, 4) is 0 Å². The lowest BCUT2D eigenvalue weighted by Crippen LogP contribution is -2.23. The van der Waals surface area contributed by atoms with Gasteiger partial charge in [-0.15, -0.1) is 0 Å². The molecule has 0 atom stereocenters. The molecule has 0 unspecified atom stereocenters. The van der Waals surface area contributed by atoms with E-state index in [4.69, 9.17) is 34.8 Å². The Morgan fingerprint density at radius 3 is 2.23 bits per heavy atom. The molecule has 0 aromatic heterocycles. The number of benzene rings is 3. The second kappa shape index (κ2) is 9.27. The monoisotopic (exact) mass is 482 g/mol. The lowest BCUT2D eigenvalue weighted by molar-refractivity contribution is 0.0951. The van der Waals surface area contributed by atoms with Crippen LogP contribution in [0.5, 0.6) is 0 Å². The predicted octanol–water partition coefficient (Wildman–Crippen LogP) is 5.69. The Bertz CT molecular complexity index is 1200. The van der Waals surface area contributed by atoms with E-state index in [9.17, 15) is 13.2 Å². The topological polar surface area (TPSA) is 75.3 Å². The Labute approximate surface area is 190 Å². The number of amides is 1. The second-order valence-corrected chi connectivity index (χ2v) is 9.46. The van der Waals surface area contributed by atoms with Crippen molar-refractivity contribution >= 4 is 56.4 Å². The molecule has 0 aliphatic heterocycles. The van der Waals surface area contributed by atoms with E-state index in [1.807, 2.05) is 6.92 Å². The van der Waals surface area contributed by atoms with Crippen molar-refractivity contribution in [2.75, 3.05) is 4.72 Å². The van der Waals surface area contributed by atoms with Gasteiger partial charge in [-0.2, -0.15) is 0 Å². The van der Waals surface area contributed by atoms with Crippen LogP contribution in [0.15, 0.2) is 65.6 Å². The summed E-state index contributed by atoms with van der Waals surface area (Å²) in [5, 5.41) is 3.79. The maximum absolute atomic E-state index is 12.5. The number of nitrogens with one attached hydrogen (secondary N) is 2. The van der Waals surface area contributed by atoms with Gasteiger partial charge in [0.15, 0.2) is 0 Å². The molecule has 156 valence electrons. The largest absolute Gasteiger partial charge is 0.348 e. The molecule has 2 N–H and O–H groups in total. The van der Waals surface area contributed by atoms with Crippen LogP contribution in [0.1, 0.15) is 21.5 Å². The average Bonchev–Trinajstić information content (AvgIpc) is 2.69. The Balaban J connectivity index is 1.71. The molecule has 0 saturated carbocycles. The summed E-state index contributed by atoms with van der Waals surface area (Å²) < 4.78 is 27.5. The number of anilines is 1. The SMILES string of the molecule is Cc1ccc(S(=O)(=O)Nc2ccc(C(=O)NCc3ccc(Cl)cc3Cl)cc2Cl)cc1. The summed E-state index contributed by atoms with van der Waals surface area (Å²) in [6.07, 6.45) is 0. The lowest BCUT2D eigenvalue weighted by atomic mass is 10.1. The van der Waals surface area contributed by atoms with Gasteiger partial charge < -0.3 is 5.32 Å². The second-order valence-electron chi connectivity index (χ2n) is 6.53. The number of carbonyl (C=O) groups excluding carboxylic acids is 1. The van der Waals surface area contributed by atoms with Crippen LogP contribution in [0.25, 0.3) is 0 Å². The van der Waals surface area contributed by atoms with Crippen molar-refractivity contribution in [1.29, 1.82) is 0 Å².